The highest BCUT2D eigenvalue weighted by molar-refractivity contribution is 5.64. The molecule has 0 amide bonds. The Labute approximate surface area is 199 Å². The van der Waals surface area contributed by atoms with E-state index in [9.17, 15) is 0 Å². The zero-order chi connectivity index (χ0) is 24.6. The standard InChI is InChI=1S/C13H15N3.C11H10N2.2C2H6/c1-9(2)12-8-10(3)15-13(16-12)11-4-6-14-7-5-11;1-9-11(7-12-8-13-9)10-5-3-2-4-6-10;2*1-2/h4-9H,1-3H3;2-8H,1H3;2*1-2H3. The van der Waals surface area contributed by atoms with E-state index in [1.807, 2.05) is 84.1 Å². The second kappa shape index (κ2) is 15.4. The second-order valence-corrected chi connectivity index (χ2v) is 7.04. The number of benzene rings is 1. The minimum absolute atomic E-state index is 0.419. The SMILES string of the molecule is CC.CC.Cc1cc(C(C)C)nc(-c2ccncc2)n1.Cc1ncncc1-c1ccccc1. The van der Waals surface area contributed by atoms with Gasteiger partial charge in [-0.1, -0.05) is 71.9 Å². The van der Waals surface area contributed by atoms with Crippen molar-refractivity contribution in [2.24, 2.45) is 0 Å². The highest BCUT2D eigenvalue weighted by Gasteiger charge is 2.07. The largest absolute Gasteiger partial charge is 0.265 e. The van der Waals surface area contributed by atoms with Crippen molar-refractivity contribution in [3.63, 3.8) is 0 Å². The van der Waals surface area contributed by atoms with E-state index in [1.165, 1.54) is 5.56 Å². The molecule has 0 aliphatic heterocycles. The Morgan fingerprint density at radius 1 is 0.727 bits per heavy atom. The first-order valence-corrected chi connectivity index (χ1v) is 11.6. The van der Waals surface area contributed by atoms with E-state index in [2.05, 4.69) is 50.9 Å². The number of nitrogens with zero attached hydrogens (tertiary/aromatic N) is 5. The van der Waals surface area contributed by atoms with Gasteiger partial charge in [-0.3, -0.25) is 4.98 Å². The van der Waals surface area contributed by atoms with E-state index in [-0.39, 0.29) is 0 Å². The molecule has 0 saturated carbocycles. The van der Waals surface area contributed by atoms with Gasteiger partial charge in [0.05, 0.1) is 0 Å². The summed E-state index contributed by atoms with van der Waals surface area (Å²) in [5.41, 5.74) is 6.38. The van der Waals surface area contributed by atoms with Gasteiger partial charge in [0.25, 0.3) is 0 Å². The van der Waals surface area contributed by atoms with Gasteiger partial charge >= 0.3 is 0 Å². The first-order chi connectivity index (χ1) is 16.0. The van der Waals surface area contributed by atoms with Crippen LogP contribution in [0.2, 0.25) is 0 Å². The van der Waals surface area contributed by atoms with Crippen LogP contribution in [0.5, 0.6) is 0 Å². The Kier molecular flexibility index (Phi) is 12.8. The zero-order valence-electron chi connectivity index (χ0n) is 21.2. The normalized spacial score (nSPS) is 9.48. The fourth-order valence-electron chi connectivity index (χ4n) is 2.81. The van der Waals surface area contributed by atoms with Crippen molar-refractivity contribution in [1.82, 2.24) is 24.9 Å². The van der Waals surface area contributed by atoms with E-state index < -0.39 is 0 Å². The number of pyridine rings is 1. The summed E-state index contributed by atoms with van der Waals surface area (Å²) in [6.45, 7) is 16.3. The lowest BCUT2D eigenvalue weighted by Crippen LogP contribution is -1.99. The maximum atomic E-state index is 4.56. The molecule has 0 saturated heterocycles. The highest BCUT2D eigenvalue weighted by Crippen LogP contribution is 2.20. The Morgan fingerprint density at radius 2 is 1.36 bits per heavy atom. The van der Waals surface area contributed by atoms with Gasteiger partial charge in [0.2, 0.25) is 0 Å². The Balaban J connectivity index is 0.000000291. The molecule has 0 aliphatic carbocycles. The molecule has 0 aliphatic rings. The molecule has 33 heavy (non-hydrogen) atoms. The molecule has 0 N–H and O–H groups in total. The molecule has 4 rings (SSSR count). The Morgan fingerprint density at radius 3 is 1.94 bits per heavy atom. The zero-order valence-corrected chi connectivity index (χ0v) is 21.2. The van der Waals surface area contributed by atoms with Crippen molar-refractivity contribution in [2.45, 2.75) is 61.3 Å². The summed E-state index contributed by atoms with van der Waals surface area (Å²) in [4.78, 5) is 21.2. The molecule has 0 atom stereocenters. The van der Waals surface area contributed by atoms with E-state index in [0.717, 1.165) is 34.0 Å². The van der Waals surface area contributed by atoms with Crippen LogP contribution in [0.3, 0.4) is 0 Å². The second-order valence-electron chi connectivity index (χ2n) is 7.04. The molecule has 1 aromatic carbocycles. The molecule has 0 fully saturated rings. The molecule has 5 nitrogen and oxygen atoms in total. The first kappa shape index (κ1) is 27.6. The topological polar surface area (TPSA) is 64.5 Å². The third-order valence-electron chi connectivity index (χ3n) is 4.40. The average molecular weight is 444 g/mol. The number of hydrogen-bond acceptors (Lipinski definition) is 5. The van der Waals surface area contributed by atoms with Gasteiger partial charge < -0.3 is 0 Å². The van der Waals surface area contributed by atoms with E-state index in [1.54, 1.807) is 18.7 Å². The van der Waals surface area contributed by atoms with Gasteiger partial charge in [-0.15, -0.1) is 0 Å². The number of aromatic nitrogens is 5. The summed E-state index contributed by atoms with van der Waals surface area (Å²) in [6.07, 6.45) is 6.94. The van der Waals surface area contributed by atoms with Gasteiger partial charge in [0.15, 0.2) is 5.82 Å². The van der Waals surface area contributed by atoms with Crippen LogP contribution in [0.25, 0.3) is 22.5 Å². The summed E-state index contributed by atoms with van der Waals surface area (Å²) in [7, 11) is 0. The van der Waals surface area contributed by atoms with E-state index >= 15 is 0 Å². The molecule has 3 heterocycles. The van der Waals surface area contributed by atoms with Crippen LogP contribution in [-0.2, 0) is 0 Å². The first-order valence-electron chi connectivity index (χ1n) is 11.6. The van der Waals surface area contributed by atoms with Crippen molar-refractivity contribution < 1.29 is 0 Å². The monoisotopic (exact) mass is 443 g/mol. The summed E-state index contributed by atoms with van der Waals surface area (Å²) >= 11 is 0. The molecule has 3 aromatic heterocycles. The summed E-state index contributed by atoms with van der Waals surface area (Å²) in [5.74, 6) is 1.20. The summed E-state index contributed by atoms with van der Waals surface area (Å²) in [6, 6.07) is 16.1. The quantitative estimate of drug-likeness (QED) is 0.328. The molecule has 0 unspecified atom stereocenters. The smallest absolute Gasteiger partial charge is 0.159 e. The molecule has 0 spiro atoms. The van der Waals surface area contributed by atoms with Crippen molar-refractivity contribution in [1.29, 1.82) is 0 Å². The molecule has 4 aromatic rings. The van der Waals surface area contributed by atoms with Gasteiger partial charge in [-0.2, -0.15) is 0 Å². The Bertz CT molecular complexity index is 1050. The fraction of sp³-hybridized carbons (Fsp3) is 0.321. The van der Waals surface area contributed by atoms with E-state index in [4.69, 9.17) is 0 Å². The summed E-state index contributed by atoms with van der Waals surface area (Å²) < 4.78 is 0. The number of rotatable bonds is 3. The third-order valence-corrected chi connectivity index (χ3v) is 4.40. The molecule has 0 radical (unpaired) electrons. The van der Waals surface area contributed by atoms with Gasteiger partial charge in [-0.25, -0.2) is 19.9 Å². The lowest BCUT2D eigenvalue weighted by molar-refractivity contribution is 0.812. The molecule has 174 valence electrons. The van der Waals surface area contributed by atoms with Crippen molar-refractivity contribution in [2.75, 3.05) is 0 Å². The van der Waals surface area contributed by atoms with Crippen LogP contribution < -0.4 is 0 Å². The Hall–Kier alpha value is -3.47. The number of aryl methyl sites for hydroxylation is 2. The van der Waals surface area contributed by atoms with Crippen LogP contribution in [0, 0.1) is 13.8 Å². The average Bonchev–Trinajstić information content (AvgIpc) is 2.88. The lowest BCUT2D eigenvalue weighted by Gasteiger charge is -2.08. The lowest BCUT2D eigenvalue weighted by atomic mass is 10.1. The predicted octanol–water partition coefficient (Wildman–Crippen LogP) is 7.47. The highest BCUT2D eigenvalue weighted by atomic mass is 14.9. The van der Waals surface area contributed by atoms with Crippen LogP contribution in [0.15, 0.2) is 73.4 Å². The van der Waals surface area contributed by atoms with Crippen molar-refractivity contribution >= 4 is 0 Å². The van der Waals surface area contributed by atoms with Crippen LogP contribution in [0.1, 0.15) is 64.5 Å². The van der Waals surface area contributed by atoms with Crippen LogP contribution >= 0.6 is 0 Å². The number of hydrogen-bond donors (Lipinski definition) is 0. The maximum Gasteiger partial charge on any atom is 0.159 e. The van der Waals surface area contributed by atoms with E-state index in [0.29, 0.717) is 5.92 Å². The van der Waals surface area contributed by atoms with Crippen molar-refractivity contribution in [3.05, 3.63) is 90.5 Å². The molecule has 5 heteroatoms. The minimum Gasteiger partial charge on any atom is -0.265 e. The fourth-order valence-corrected chi connectivity index (χ4v) is 2.81. The van der Waals surface area contributed by atoms with Crippen molar-refractivity contribution in [3.8, 4) is 22.5 Å². The molecular weight excluding hydrogens is 406 g/mol. The summed E-state index contributed by atoms with van der Waals surface area (Å²) in [5, 5.41) is 0. The van der Waals surface area contributed by atoms with Gasteiger partial charge in [0, 0.05) is 46.8 Å². The third kappa shape index (κ3) is 8.89. The van der Waals surface area contributed by atoms with Gasteiger partial charge in [0.1, 0.15) is 6.33 Å². The minimum atomic E-state index is 0.419. The van der Waals surface area contributed by atoms with Crippen LogP contribution in [0.4, 0.5) is 0 Å². The molecule has 0 bridgehead atoms. The molecular formula is C28H37N5. The predicted molar refractivity (Wildman–Crippen MR) is 139 cm³/mol. The van der Waals surface area contributed by atoms with Gasteiger partial charge in [-0.05, 0) is 43.5 Å². The van der Waals surface area contributed by atoms with Crippen LogP contribution in [-0.4, -0.2) is 24.9 Å². The maximum absolute atomic E-state index is 4.56.